The van der Waals surface area contributed by atoms with Crippen LogP contribution in [0.25, 0.3) is 0 Å². The van der Waals surface area contributed by atoms with E-state index in [0.717, 1.165) is 22.4 Å². The molecule has 1 heterocycles. The Hall–Kier alpha value is -3.62. The van der Waals surface area contributed by atoms with Gasteiger partial charge in [0.2, 0.25) is 11.8 Å². The summed E-state index contributed by atoms with van der Waals surface area (Å²) in [5.74, 6) is -0.409. The number of carbonyl (C=O) groups is 3. The molecule has 5 N–H and O–H groups in total. The lowest BCUT2D eigenvalue weighted by Gasteiger charge is -2.24. The van der Waals surface area contributed by atoms with Crippen LogP contribution in [0.2, 0.25) is 0 Å². The maximum absolute atomic E-state index is 13.0. The lowest BCUT2D eigenvalue weighted by Crippen LogP contribution is -2.53. The van der Waals surface area contributed by atoms with Gasteiger partial charge in [-0.1, -0.05) is 35.9 Å². The van der Waals surface area contributed by atoms with E-state index in [9.17, 15) is 14.4 Å². The van der Waals surface area contributed by atoms with Crippen LogP contribution in [-0.2, 0) is 27.3 Å². The predicted molar refractivity (Wildman–Crippen MR) is 135 cm³/mol. The summed E-state index contributed by atoms with van der Waals surface area (Å²) in [5.41, 5.74) is 8.67. The quantitative estimate of drug-likeness (QED) is 0.433. The molecule has 0 aliphatic rings. The number of carbonyl (C=O) groups excluding carboxylic acids is 3. The highest BCUT2D eigenvalue weighted by Gasteiger charge is 2.26. The van der Waals surface area contributed by atoms with Crippen LogP contribution >= 0.6 is 0 Å². The molecule has 0 fully saturated rings. The second-order valence-corrected chi connectivity index (χ2v) is 9.66. The molecule has 35 heavy (non-hydrogen) atoms. The van der Waals surface area contributed by atoms with Crippen LogP contribution in [-0.4, -0.2) is 40.6 Å². The molecule has 0 bridgehead atoms. The first-order valence-corrected chi connectivity index (χ1v) is 11.7. The molecule has 0 spiro atoms. The summed E-state index contributed by atoms with van der Waals surface area (Å²) in [5, 5.41) is 8.14. The Morgan fingerprint density at radius 2 is 1.77 bits per heavy atom. The summed E-state index contributed by atoms with van der Waals surface area (Å²) < 4.78 is 5.32. The summed E-state index contributed by atoms with van der Waals surface area (Å²) in [6, 6.07) is 9.73. The molecule has 0 unspecified atom stereocenters. The minimum atomic E-state index is -0.871. The van der Waals surface area contributed by atoms with Gasteiger partial charge in [-0.2, -0.15) is 0 Å². The van der Waals surface area contributed by atoms with Crippen molar-refractivity contribution in [3.05, 3.63) is 58.8 Å². The Kier molecular flexibility index (Phi) is 9.62. The number of rotatable bonds is 9. The monoisotopic (exact) mass is 483 g/mol. The molecule has 1 aromatic heterocycles. The molecule has 1 aromatic carbocycles. The molecule has 2 aromatic rings. The zero-order chi connectivity index (χ0) is 26.2. The first-order valence-electron chi connectivity index (χ1n) is 11.7. The zero-order valence-corrected chi connectivity index (χ0v) is 21.4. The third-order valence-electron chi connectivity index (χ3n) is 5.23. The summed E-state index contributed by atoms with van der Waals surface area (Å²) in [6.45, 7) is 10.9. The Labute approximate surface area is 207 Å². The van der Waals surface area contributed by atoms with E-state index in [-0.39, 0.29) is 12.5 Å². The lowest BCUT2D eigenvalue weighted by molar-refractivity contribution is -0.129. The molecule has 0 aliphatic carbocycles. The van der Waals surface area contributed by atoms with Gasteiger partial charge in [-0.25, -0.2) is 9.78 Å². The number of nitrogens with one attached hydrogen (secondary N) is 3. The van der Waals surface area contributed by atoms with Crippen LogP contribution in [0.1, 0.15) is 56.5 Å². The number of hydrogen-bond donors (Lipinski definition) is 4. The number of aryl methyl sites for hydroxylation is 3. The summed E-state index contributed by atoms with van der Waals surface area (Å²) >= 11 is 0. The van der Waals surface area contributed by atoms with Crippen LogP contribution in [0.5, 0.6) is 0 Å². The largest absolute Gasteiger partial charge is 0.444 e. The molecule has 9 nitrogen and oxygen atoms in total. The van der Waals surface area contributed by atoms with Crippen LogP contribution in [0.3, 0.4) is 0 Å². The molecule has 9 heteroatoms. The average Bonchev–Trinajstić information content (AvgIpc) is 2.74. The maximum atomic E-state index is 13.0. The van der Waals surface area contributed by atoms with Gasteiger partial charge in [-0.3, -0.25) is 9.59 Å². The van der Waals surface area contributed by atoms with Crippen molar-refractivity contribution < 1.29 is 19.1 Å². The van der Waals surface area contributed by atoms with Crippen molar-refractivity contribution in [1.29, 1.82) is 0 Å². The number of nitrogens with two attached hydrogens (primary N) is 1. The number of benzene rings is 1. The molecule has 0 saturated carbocycles. The van der Waals surface area contributed by atoms with Gasteiger partial charge in [-0.15, -0.1) is 0 Å². The molecule has 2 atom stereocenters. The van der Waals surface area contributed by atoms with E-state index in [1.807, 2.05) is 38.1 Å². The zero-order valence-electron chi connectivity index (χ0n) is 21.4. The number of hydrogen-bond acceptors (Lipinski definition) is 6. The van der Waals surface area contributed by atoms with E-state index < -0.39 is 29.7 Å². The van der Waals surface area contributed by atoms with E-state index in [1.54, 1.807) is 39.8 Å². The number of alkyl carbamates (subject to hydrolysis) is 1. The molecule has 3 amide bonds. The molecule has 2 rings (SSSR count). The van der Waals surface area contributed by atoms with Gasteiger partial charge in [-0.05, 0) is 71.6 Å². The Morgan fingerprint density at radius 3 is 2.40 bits per heavy atom. The van der Waals surface area contributed by atoms with Gasteiger partial charge in [0.15, 0.2) is 0 Å². The highest BCUT2D eigenvalue weighted by atomic mass is 16.6. The maximum Gasteiger partial charge on any atom is 0.408 e. The number of anilines is 1. The number of aromatic nitrogens is 1. The molecule has 0 saturated heterocycles. The fourth-order valence-corrected chi connectivity index (χ4v) is 3.41. The number of amides is 3. The fraction of sp³-hybridized carbons (Fsp3) is 0.462. The highest BCUT2D eigenvalue weighted by molar-refractivity contribution is 5.91. The van der Waals surface area contributed by atoms with Crippen molar-refractivity contribution in [3.8, 4) is 0 Å². The molecular formula is C26H37N5O4. The smallest absolute Gasteiger partial charge is 0.408 e. The van der Waals surface area contributed by atoms with Crippen LogP contribution in [0.4, 0.5) is 10.6 Å². The Balaban J connectivity index is 2.01. The highest BCUT2D eigenvalue weighted by Crippen LogP contribution is 2.11. The van der Waals surface area contributed by atoms with Gasteiger partial charge in [0, 0.05) is 12.2 Å². The van der Waals surface area contributed by atoms with E-state index in [0.29, 0.717) is 18.7 Å². The Morgan fingerprint density at radius 1 is 1.06 bits per heavy atom. The van der Waals surface area contributed by atoms with Crippen molar-refractivity contribution in [1.82, 2.24) is 20.9 Å². The predicted octanol–water partition coefficient (Wildman–Crippen LogP) is 2.93. The first-order chi connectivity index (χ1) is 16.3. The fourth-order valence-electron chi connectivity index (χ4n) is 3.41. The Bertz CT molecular complexity index is 1050. The second kappa shape index (κ2) is 12.2. The normalized spacial score (nSPS) is 12.9. The SMILES string of the molecule is Cc1cccc(CC[C@@H](NC(=O)OC(C)(C)C)C(=O)N[C@@H](C)C(=O)NCc2ccc(N)nc2C)c1. The second-order valence-electron chi connectivity index (χ2n) is 9.66. The van der Waals surface area contributed by atoms with E-state index in [1.165, 1.54) is 0 Å². The van der Waals surface area contributed by atoms with Crippen LogP contribution in [0, 0.1) is 13.8 Å². The minimum absolute atomic E-state index is 0.255. The minimum Gasteiger partial charge on any atom is -0.444 e. The van der Waals surface area contributed by atoms with Gasteiger partial charge in [0.1, 0.15) is 23.5 Å². The number of nitrogen functional groups attached to an aromatic ring is 1. The third kappa shape index (κ3) is 9.64. The van der Waals surface area contributed by atoms with E-state index in [2.05, 4.69) is 20.9 Å². The number of ether oxygens (including phenoxy) is 1. The van der Waals surface area contributed by atoms with Crippen molar-refractivity contribution in [3.63, 3.8) is 0 Å². The summed E-state index contributed by atoms with van der Waals surface area (Å²) in [6.07, 6.45) is 0.226. The molecule has 190 valence electrons. The van der Waals surface area contributed by atoms with E-state index in [4.69, 9.17) is 10.5 Å². The average molecular weight is 484 g/mol. The lowest BCUT2D eigenvalue weighted by atomic mass is 10.0. The number of nitrogens with zero attached hydrogens (tertiary/aromatic N) is 1. The molecule has 0 aliphatic heterocycles. The van der Waals surface area contributed by atoms with Gasteiger partial charge in [0.05, 0.1) is 0 Å². The standard InChI is InChI=1S/C26H37N5O4/c1-16-8-7-9-19(14-16)10-12-21(31-25(34)35-26(4,5)6)24(33)30-18(3)23(32)28-15-20-11-13-22(27)29-17(20)2/h7-9,11,13-14,18,21H,10,12,15H2,1-6H3,(H2,27,29)(H,28,32)(H,30,33)(H,31,34)/t18-,21+/m0/s1. The first kappa shape index (κ1) is 27.6. The van der Waals surface area contributed by atoms with Gasteiger partial charge >= 0.3 is 6.09 Å². The summed E-state index contributed by atoms with van der Waals surface area (Å²) in [7, 11) is 0. The third-order valence-corrected chi connectivity index (χ3v) is 5.23. The van der Waals surface area contributed by atoms with Crippen LogP contribution < -0.4 is 21.7 Å². The van der Waals surface area contributed by atoms with Crippen molar-refractivity contribution in [2.75, 3.05) is 5.73 Å². The number of pyridine rings is 1. The van der Waals surface area contributed by atoms with Crippen molar-refractivity contribution >= 4 is 23.7 Å². The van der Waals surface area contributed by atoms with Crippen LogP contribution in [0.15, 0.2) is 36.4 Å². The summed E-state index contributed by atoms with van der Waals surface area (Å²) in [4.78, 5) is 42.2. The van der Waals surface area contributed by atoms with Gasteiger partial charge < -0.3 is 26.4 Å². The van der Waals surface area contributed by atoms with Gasteiger partial charge in [0.25, 0.3) is 0 Å². The van der Waals surface area contributed by atoms with Crippen molar-refractivity contribution in [2.45, 2.75) is 78.6 Å². The molecule has 0 radical (unpaired) electrons. The topological polar surface area (TPSA) is 135 Å². The van der Waals surface area contributed by atoms with Crippen molar-refractivity contribution in [2.24, 2.45) is 0 Å². The molecular weight excluding hydrogens is 446 g/mol. The van der Waals surface area contributed by atoms with E-state index >= 15 is 0 Å².